The Bertz CT molecular complexity index is 250. The van der Waals surface area contributed by atoms with Gasteiger partial charge in [0.25, 0.3) is 0 Å². The molecule has 0 aromatic carbocycles. The Balaban J connectivity index is 2.47. The first kappa shape index (κ1) is 17.0. The van der Waals surface area contributed by atoms with Crippen LogP contribution in [0.5, 0.6) is 0 Å². The first-order chi connectivity index (χ1) is 8.85. The van der Waals surface area contributed by atoms with E-state index in [1.165, 1.54) is 19.3 Å². The van der Waals surface area contributed by atoms with Gasteiger partial charge in [-0.1, -0.05) is 41.0 Å². The molecule has 1 saturated carbocycles. The Hall–Kier alpha value is -0.0800. The highest BCUT2D eigenvalue weighted by molar-refractivity contribution is 4.87. The number of ether oxygens (including phenoxy) is 1. The van der Waals surface area contributed by atoms with Gasteiger partial charge in [-0.2, -0.15) is 0 Å². The number of hydrogen-bond donors (Lipinski definition) is 1. The molecule has 0 aromatic rings. The van der Waals surface area contributed by atoms with Crippen molar-refractivity contribution in [2.24, 2.45) is 23.2 Å². The van der Waals surface area contributed by atoms with E-state index in [0.29, 0.717) is 11.5 Å². The van der Waals surface area contributed by atoms with Gasteiger partial charge in [-0.3, -0.25) is 0 Å². The fraction of sp³-hybridized carbons (Fsp3) is 1.00. The topological polar surface area (TPSA) is 21.3 Å². The first-order valence-electron chi connectivity index (χ1n) is 8.08. The summed E-state index contributed by atoms with van der Waals surface area (Å²) in [7, 11) is 1.79. The second kappa shape index (κ2) is 7.64. The lowest BCUT2D eigenvalue weighted by atomic mass is 9.73. The molecule has 114 valence electrons. The molecule has 0 amide bonds. The Morgan fingerprint density at radius 1 is 1.26 bits per heavy atom. The lowest BCUT2D eigenvalue weighted by molar-refractivity contribution is 0.129. The third-order valence-corrected chi connectivity index (χ3v) is 4.85. The summed E-state index contributed by atoms with van der Waals surface area (Å²) >= 11 is 0. The molecule has 0 aromatic heterocycles. The van der Waals surface area contributed by atoms with E-state index in [4.69, 9.17) is 4.74 Å². The third-order valence-electron chi connectivity index (χ3n) is 4.85. The second-order valence-corrected chi connectivity index (χ2v) is 7.72. The molecule has 0 spiro atoms. The van der Waals surface area contributed by atoms with Gasteiger partial charge in [0.15, 0.2) is 0 Å². The van der Waals surface area contributed by atoms with Crippen LogP contribution < -0.4 is 5.32 Å². The number of rotatable bonds is 7. The molecule has 1 aliphatic rings. The van der Waals surface area contributed by atoms with Crippen LogP contribution in [0.25, 0.3) is 0 Å². The standard InChI is InChI=1S/C17H35NO/c1-13(2)15-8-7-14(3)11-16(15)18-12-17(4,5)9-10-19-6/h13-16,18H,7-12H2,1-6H3. The summed E-state index contributed by atoms with van der Waals surface area (Å²) in [5.74, 6) is 2.54. The molecule has 19 heavy (non-hydrogen) atoms. The largest absolute Gasteiger partial charge is 0.385 e. The fourth-order valence-corrected chi connectivity index (χ4v) is 3.31. The number of hydrogen-bond acceptors (Lipinski definition) is 2. The highest BCUT2D eigenvalue weighted by Crippen LogP contribution is 2.34. The predicted molar refractivity (Wildman–Crippen MR) is 83.4 cm³/mol. The average molecular weight is 269 g/mol. The lowest BCUT2D eigenvalue weighted by Crippen LogP contribution is -2.46. The zero-order chi connectivity index (χ0) is 14.5. The molecule has 1 aliphatic carbocycles. The predicted octanol–water partition coefficient (Wildman–Crippen LogP) is 4.10. The van der Waals surface area contributed by atoms with E-state index in [9.17, 15) is 0 Å². The molecule has 3 unspecified atom stereocenters. The second-order valence-electron chi connectivity index (χ2n) is 7.72. The monoisotopic (exact) mass is 269 g/mol. The highest BCUT2D eigenvalue weighted by Gasteiger charge is 2.31. The summed E-state index contributed by atoms with van der Waals surface area (Å²) in [4.78, 5) is 0. The van der Waals surface area contributed by atoms with E-state index in [1.54, 1.807) is 7.11 Å². The van der Waals surface area contributed by atoms with Crippen LogP contribution in [0.3, 0.4) is 0 Å². The van der Waals surface area contributed by atoms with Crippen LogP contribution in [-0.2, 0) is 4.74 Å². The first-order valence-corrected chi connectivity index (χ1v) is 8.08. The van der Waals surface area contributed by atoms with Crippen molar-refractivity contribution in [2.45, 2.75) is 66.3 Å². The van der Waals surface area contributed by atoms with Gasteiger partial charge in [0.2, 0.25) is 0 Å². The minimum Gasteiger partial charge on any atom is -0.385 e. The van der Waals surface area contributed by atoms with E-state index in [0.717, 1.165) is 37.3 Å². The number of methoxy groups -OCH3 is 1. The molecule has 0 radical (unpaired) electrons. The van der Waals surface area contributed by atoms with Crippen molar-refractivity contribution < 1.29 is 4.74 Å². The van der Waals surface area contributed by atoms with Gasteiger partial charge in [-0.05, 0) is 42.4 Å². The molecule has 0 heterocycles. The summed E-state index contributed by atoms with van der Waals surface area (Å²) in [6.45, 7) is 13.8. The van der Waals surface area contributed by atoms with Crippen LogP contribution in [0.1, 0.15) is 60.3 Å². The lowest BCUT2D eigenvalue weighted by Gasteiger charge is -2.39. The normalized spacial score (nSPS) is 28.9. The van der Waals surface area contributed by atoms with Gasteiger partial charge in [0, 0.05) is 26.3 Å². The van der Waals surface area contributed by atoms with Crippen LogP contribution in [-0.4, -0.2) is 26.3 Å². The van der Waals surface area contributed by atoms with Crippen molar-refractivity contribution in [2.75, 3.05) is 20.3 Å². The van der Waals surface area contributed by atoms with Crippen LogP contribution in [0.2, 0.25) is 0 Å². The number of nitrogens with one attached hydrogen (secondary N) is 1. The van der Waals surface area contributed by atoms with Crippen LogP contribution in [0, 0.1) is 23.2 Å². The van der Waals surface area contributed by atoms with Crippen molar-refractivity contribution in [3.63, 3.8) is 0 Å². The van der Waals surface area contributed by atoms with Crippen molar-refractivity contribution in [3.8, 4) is 0 Å². The summed E-state index contributed by atoms with van der Waals surface area (Å²) in [6.07, 6.45) is 5.29. The maximum atomic E-state index is 5.22. The summed E-state index contributed by atoms with van der Waals surface area (Å²) < 4.78 is 5.22. The molecule has 0 aliphatic heterocycles. The molecule has 2 nitrogen and oxygen atoms in total. The van der Waals surface area contributed by atoms with Crippen LogP contribution in [0.15, 0.2) is 0 Å². The zero-order valence-corrected chi connectivity index (χ0v) is 14.0. The van der Waals surface area contributed by atoms with Gasteiger partial charge in [-0.15, -0.1) is 0 Å². The van der Waals surface area contributed by atoms with Crippen molar-refractivity contribution in [1.82, 2.24) is 5.32 Å². The molecule has 1 rings (SSSR count). The molecule has 1 fully saturated rings. The molecule has 3 atom stereocenters. The maximum Gasteiger partial charge on any atom is 0.0467 e. The molecule has 2 heteroatoms. The maximum absolute atomic E-state index is 5.22. The minimum atomic E-state index is 0.332. The van der Waals surface area contributed by atoms with E-state index < -0.39 is 0 Å². The molecule has 0 bridgehead atoms. The van der Waals surface area contributed by atoms with E-state index in [1.807, 2.05) is 0 Å². The van der Waals surface area contributed by atoms with Crippen LogP contribution in [0.4, 0.5) is 0 Å². The van der Waals surface area contributed by atoms with Crippen LogP contribution >= 0.6 is 0 Å². The van der Waals surface area contributed by atoms with Gasteiger partial charge in [-0.25, -0.2) is 0 Å². The quantitative estimate of drug-likeness (QED) is 0.751. The summed E-state index contributed by atoms with van der Waals surface area (Å²) in [5.41, 5.74) is 0.332. The molecular formula is C17H35NO. The highest BCUT2D eigenvalue weighted by atomic mass is 16.5. The summed E-state index contributed by atoms with van der Waals surface area (Å²) in [5, 5.41) is 3.88. The Labute approximate surface area is 120 Å². The van der Waals surface area contributed by atoms with Crippen molar-refractivity contribution >= 4 is 0 Å². The minimum absolute atomic E-state index is 0.332. The Morgan fingerprint density at radius 2 is 1.95 bits per heavy atom. The van der Waals surface area contributed by atoms with Gasteiger partial charge in [0.05, 0.1) is 0 Å². The SMILES string of the molecule is COCCC(C)(C)CNC1CC(C)CCC1C(C)C. The van der Waals surface area contributed by atoms with Gasteiger partial charge in [0.1, 0.15) is 0 Å². The molecule has 1 N–H and O–H groups in total. The van der Waals surface area contributed by atoms with E-state index >= 15 is 0 Å². The fourth-order valence-electron chi connectivity index (χ4n) is 3.31. The van der Waals surface area contributed by atoms with Gasteiger partial charge >= 0.3 is 0 Å². The average Bonchev–Trinajstić information content (AvgIpc) is 2.34. The van der Waals surface area contributed by atoms with Crippen molar-refractivity contribution in [1.29, 1.82) is 0 Å². The van der Waals surface area contributed by atoms with E-state index in [-0.39, 0.29) is 0 Å². The Morgan fingerprint density at radius 3 is 2.53 bits per heavy atom. The van der Waals surface area contributed by atoms with Crippen molar-refractivity contribution in [3.05, 3.63) is 0 Å². The Kier molecular flexibility index (Phi) is 6.82. The smallest absolute Gasteiger partial charge is 0.0467 e. The molecule has 0 saturated heterocycles. The molecular weight excluding hydrogens is 234 g/mol. The zero-order valence-electron chi connectivity index (χ0n) is 14.0. The summed E-state index contributed by atoms with van der Waals surface area (Å²) in [6, 6.07) is 0.713. The van der Waals surface area contributed by atoms with E-state index in [2.05, 4.69) is 39.9 Å². The van der Waals surface area contributed by atoms with Gasteiger partial charge < -0.3 is 10.1 Å². The third kappa shape index (κ3) is 5.83.